The van der Waals surface area contributed by atoms with Crippen LogP contribution >= 0.6 is 0 Å². The number of nitrogens with zero attached hydrogens (tertiary/aromatic N) is 3. The molecule has 122 valence electrons. The van der Waals surface area contributed by atoms with E-state index < -0.39 is 10.0 Å². The van der Waals surface area contributed by atoms with Crippen LogP contribution in [-0.2, 0) is 10.0 Å². The van der Waals surface area contributed by atoms with Crippen LogP contribution in [0.2, 0.25) is 0 Å². The summed E-state index contributed by atoms with van der Waals surface area (Å²) >= 11 is 0. The Morgan fingerprint density at radius 1 is 1.32 bits per heavy atom. The predicted molar refractivity (Wildman–Crippen MR) is 85.0 cm³/mol. The van der Waals surface area contributed by atoms with Gasteiger partial charge in [0.1, 0.15) is 5.49 Å². The van der Waals surface area contributed by atoms with Gasteiger partial charge < -0.3 is 0 Å². The number of rotatable bonds is 4. The number of likely N-dealkylation sites (N-methyl/N-ethyl adjacent to an activating group) is 1. The summed E-state index contributed by atoms with van der Waals surface area (Å²) in [7, 11) is -1.98. The molecule has 0 unspecified atom stereocenters. The maximum Gasteiger partial charge on any atom is 0.247 e. The second kappa shape index (κ2) is 7.19. The summed E-state index contributed by atoms with van der Waals surface area (Å²) in [5, 5.41) is 0. The average molecular weight is 325 g/mol. The molecule has 1 aromatic heterocycles. The Kier molecular flexibility index (Phi) is 5.52. The fourth-order valence-corrected chi connectivity index (χ4v) is 2.88. The monoisotopic (exact) mass is 325 g/mol. The van der Waals surface area contributed by atoms with Gasteiger partial charge in [0, 0.05) is 13.2 Å². The Bertz CT molecular complexity index is 688. The van der Waals surface area contributed by atoms with E-state index in [1.165, 1.54) is 30.9 Å². The number of pyridine rings is 1. The molecule has 0 amide bonds. The molecule has 0 saturated heterocycles. The van der Waals surface area contributed by atoms with Gasteiger partial charge in [-0.05, 0) is 25.0 Å². The number of hydrogen-bond acceptors (Lipinski definition) is 4. The van der Waals surface area contributed by atoms with Gasteiger partial charge in [-0.25, -0.2) is 8.42 Å². The van der Waals surface area contributed by atoms with Gasteiger partial charge in [0.25, 0.3) is 0 Å². The molecule has 1 heterocycles. The molecule has 0 bridgehead atoms. The van der Waals surface area contributed by atoms with E-state index in [2.05, 4.69) is 4.99 Å². The third-order valence-electron chi connectivity index (χ3n) is 3.92. The topological polar surface area (TPSA) is 71.7 Å². The van der Waals surface area contributed by atoms with E-state index >= 15 is 0 Å². The summed E-state index contributed by atoms with van der Waals surface area (Å²) in [6, 6.07) is 5.64. The lowest BCUT2D eigenvalue weighted by Crippen LogP contribution is -2.38. The lowest BCUT2D eigenvalue weighted by Gasteiger charge is -2.18. The van der Waals surface area contributed by atoms with Gasteiger partial charge in [-0.1, -0.05) is 25.3 Å². The van der Waals surface area contributed by atoms with E-state index in [-0.39, 0.29) is 18.5 Å². The Hall–Kier alpha value is -1.47. The Morgan fingerprint density at radius 3 is 2.64 bits per heavy atom. The minimum atomic E-state index is -3.38. The van der Waals surface area contributed by atoms with Crippen molar-refractivity contribution in [3.05, 3.63) is 29.9 Å². The zero-order valence-corrected chi connectivity index (χ0v) is 13.9. The van der Waals surface area contributed by atoms with Crippen molar-refractivity contribution < 1.29 is 13.2 Å². The van der Waals surface area contributed by atoms with Crippen molar-refractivity contribution in [1.82, 2.24) is 8.87 Å². The van der Waals surface area contributed by atoms with Gasteiger partial charge >= 0.3 is 0 Å². The first-order valence-corrected chi connectivity index (χ1v) is 9.39. The summed E-state index contributed by atoms with van der Waals surface area (Å²) in [5.74, 6) is -0.303. The highest BCUT2D eigenvalue weighted by atomic mass is 32.2. The second-order valence-electron chi connectivity index (χ2n) is 5.76. The quantitative estimate of drug-likeness (QED) is 0.836. The summed E-state index contributed by atoms with van der Waals surface area (Å²) in [5.41, 5.74) is 0.598. The zero-order valence-electron chi connectivity index (χ0n) is 13.1. The standard InChI is InChI=1S/C15H23N3O3S/c1-17(22(2,20)21)12-15(19)18-11-7-6-10-14(18)16-13-8-4-3-5-9-13/h6-7,10-11,13H,3-5,8-9,12H2,1-2H3. The van der Waals surface area contributed by atoms with E-state index in [1.54, 1.807) is 18.3 Å². The summed E-state index contributed by atoms with van der Waals surface area (Å²) in [4.78, 5) is 17.0. The third kappa shape index (κ3) is 4.51. The lowest BCUT2D eigenvalue weighted by molar-refractivity contribution is 0.0886. The molecular formula is C15H23N3O3S. The molecule has 6 nitrogen and oxygen atoms in total. The van der Waals surface area contributed by atoms with Crippen LogP contribution in [0.5, 0.6) is 0 Å². The largest absolute Gasteiger partial charge is 0.273 e. The van der Waals surface area contributed by atoms with Crippen LogP contribution in [0, 0.1) is 0 Å². The number of carbonyl (C=O) groups is 1. The molecule has 1 aliphatic carbocycles. The molecule has 0 N–H and O–H groups in total. The van der Waals surface area contributed by atoms with E-state index in [9.17, 15) is 13.2 Å². The molecule has 7 heteroatoms. The molecule has 0 radical (unpaired) electrons. The molecule has 0 spiro atoms. The minimum absolute atomic E-state index is 0.194. The molecule has 0 atom stereocenters. The van der Waals surface area contributed by atoms with Gasteiger partial charge in [0.2, 0.25) is 15.9 Å². The van der Waals surface area contributed by atoms with Gasteiger partial charge in [-0.15, -0.1) is 0 Å². The lowest BCUT2D eigenvalue weighted by atomic mass is 9.96. The predicted octanol–water partition coefficient (Wildman–Crippen LogP) is 1.25. The fraction of sp³-hybridized carbons (Fsp3) is 0.600. The first kappa shape index (κ1) is 16.9. The molecule has 1 aliphatic rings. The Labute approximate surface area is 131 Å². The van der Waals surface area contributed by atoms with E-state index in [1.807, 2.05) is 6.07 Å². The van der Waals surface area contributed by atoms with Gasteiger partial charge in [-0.3, -0.25) is 14.4 Å². The van der Waals surface area contributed by atoms with Gasteiger partial charge in [-0.2, -0.15) is 4.31 Å². The Balaban J connectivity index is 2.24. The molecule has 0 aliphatic heterocycles. The summed E-state index contributed by atoms with van der Waals surface area (Å²) < 4.78 is 25.4. The molecular weight excluding hydrogens is 302 g/mol. The van der Waals surface area contributed by atoms with Crippen molar-refractivity contribution in [2.24, 2.45) is 4.99 Å². The normalized spacial score (nSPS) is 17.9. The number of aromatic nitrogens is 1. The van der Waals surface area contributed by atoms with Crippen LogP contribution in [0.4, 0.5) is 0 Å². The van der Waals surface area contributed by atoms with Crippen LogP contribution in [-0.4, -0.2) is 49.1 Å². The smallest absolute Gasteiger partial charge is 0.247 e. The highest BCUT2D eigenvalue weighted by Gasteiger charge is 2.17. The zero-order chi connectivity index (χ0) is 16.2. The third-order valence-corrected chi connectivity index (χ3v) is 5.18. The van der Waals surface area contributed by atoms with Crippen LogP contribution in [0.3, 0.4) is 0 Å². The Morgan fingerprint density at radius 2 is 2.00 bits per heavy atom. The molecule has 1 fully saturated rings. The molecule has 22 heavy (non-hydrogen) atoms. The molecule has 1 saturated carbocycles. The second-order valence-corrected chi connectivity index (χ2v) is 7.85. The number of carbonyl (C=O) groups excluding carboxylic acids is 1. The number of sulfonamides is 1. The first-order valence-electron chi connectivity index (χ1n) is 7.54. The summed E-state index contributed by atoms with van der Waals surface area (Å²) in [6.07, 6.45) is 8.42. The SMILES string of the molecule is CN(CC(=O)n1ccccc1=NC1CCCCC1)S(C)(=O)=O. The van der Waals surface area contributed by atoms with Crippen LogP contribution in [0.25, 0.3) is 0 Å². The highest BCUT2D eigenvalue weighted by Crippen LogP contribution is 2.19. The van der Waals surface area contributed by atoms with Crippen LogP contribution < -0.4 is 5.49 Å². The van der Waals surface area contributed by atoms with E-state index in [4.69, 9.17) is 0 Å². The van der Waals surface area contributed by atoms with Crippen molar-refractivity contribution >= 4 is 15.9 Å². The van der Waals surface area contributed by atoms with Crippen LogP contribution in [0.1, 0.15) is 36.9 Å². The maximum atomic E-state index is 12.4. The van der Waals surface area contributed by atoms with Gasteiger partial charge in [0.15, 0.2) is 0 Å². The highest BCUT2D eigenvalue weighted by molar-refractivity contribution is 7.88. The van der Waals surface area contributed by atoms with Crippen LogP contribution in [0.15, 0.2) is 29.4 Å². The van der Waals surface area contributed by atoms with Gasteiger partial charge in [0.05, 0.1) is 18.8 Å². The van der Waals surface area contributed by atoms with E-state index in [0.717, 1.165) is 23.4 Å². The molecule has 2 rings (SSSR count). The van der Waals surface area contributed by atoms with Crippen molar-refractivity contribution in [2.45, 2.75) is 38.1 Å². The van der Waals surface area contributed by atoms with Crippen molar-refractivity contribution in [2.75, 3.05) is 19.8 Å². The molecule has 1 aromatic rings. The first-order chi connectivity index (χ1) is 10.4. The number of hydrogen-bond donors (Lipinski definition) is 0. The van der Waals surface area contributed by atoms with E-state index in [0.29, 0.717) is 5.49 Å². The van der Waals surface area contributed by atoms with Crippen molar-refractivity contribution in [3.8, 4) is 0 Å². The van der Waals surface area contributed by atoms with Crippen molar-refractivity contribution in [3.63, 3.8) is 0 Å². The molecule has 0 aromatic carbocycles. The fourth-order valence-electron chi connectivity index (χ4n) is 2.53. The average Bonchev–Trinajstić information content (AvgIpc) is 2.47. The minimum Gasteiger partial charge on any atom is -0.273 e. The summed E-state index contributed by atoms with van der Waals surface area (Å²) in [6.45, 7) is -0.194. The maximum absolute atomic E-state index is 12.4. The van der Waals surface area contributed by atoms with Crippen molar-refractivity contribution in [1.29, 1.82) is 0 Å².